The molecule has 28 heavy (non-hydrogen) atoms. The van der Waals surface area contributed by atoms with Crippen LogP contribution in [-0.4, -0.2) is 29.6 Å². The standard InChI is InChI=1S/C22H17NO4S/c24-21-18(9-10-26-21)27-22(25)19-15-5-1-2-6-17(15)23-20-13(7-8-16(19)20)12-14-4-3-11-28-14/h1-6,11-12,18H,7-10H2/b13-12+/t18-/m1/s1. The fraction of sp³-hybridized carbons (Fsp3) is 0.227. The van der Waals surface area contributed by atoms with E-state index in [2.05, 4.69) is 12.1 Å². The molecule has 0 bridgehead atoms. The molecule has 0 amide bonds. The highest BCUT2D eigenvalue weighted by molar-refractivity contribution is 7.10. The number of nitrogens with zero attached hydrogens (tertiary/aromatic N) is 1. The van der Waals surface area contributed by atoms with Crippen molar-refractivity contribution in [3.8, 4) is 0 Å². The molecule has 0 radical (unpaired) electrons. The summed E-state index contributed by atoms with van der Waals surface area (Å²) in [6, 6.07) is 11.7. The Labute approximate surface area is 165 Å². The van der Waals surface area contributed by atoms with Gasteiger partial charge in [-0.3, -0.25) is 0 Å². The van der Waals surface area contributed by atoms with Gasteiger partial charge in [0.2, 0.25) is 6.10 Å². The first kappa shape index (κ1) is 17.1. The van der Waals surface area contributed by atoms with Gasteiger partial charge in [-0.2, -0.15) is 0 Å². The zero-order valence-electron chi connectivity index (χ0n) is 15.0. The van der Waals surface area contributed by atoms with E-state index in [0.717, 1.165) is 45.5 Å². The van der Waals surface area contributed by atoms with Crippen LogP contribution in [0.25, 0.3) is 22.6 Å². The van der Waals surface area contributed by atoms with E-state index < -0.39 is 18.0 Å². The minimum Gasteiger partial charge on any atom is -0.463 e. The van der Waals surface area contributed by atoms with Crippen molar-refractivity contribution >= 4 is 45.8 Å². The van der Waals surface area contributed by atoms with Crippen LogP contribution in [0.3, 0.4) is 0 Å². The lowest BCUT2D eigenvalue weighted by molar-refractivity contribution is -0.145. The molecule has 3 heterocycles. The van der Waals surface area contributed by atoms with Crippen LogP contribution in [0, 0.1) is 0 Å². The lowest BCUT2D eigenvalue weighted by Crippen LogP contribution is -2.23. The second-order valence-corrected chi connectivity index (χ2v) is 7.85. The lowest BCUT2D eigenvalue weighted by atomic mass is 10.0. The smallest absolute Gasteiger partial charge is 0.347 e. The van der Waals surface area contributed by atoms with Crippen LogP contribution in [0.15, 0.2) is 41.8 Å². The van der Waals surface area contributed by atoms with Crippen LogP contribution in [0.5, 0.6) is 0 Å². The number of rotatable bonds is 3. The Morgan fingerprint density at radius 2 is 2.11 bits per heavy atom. The topological polar surface area (TPSA) is 65.5 Å². The molecular formula is C22H17NO4S. The number of fused-ring (bicyclic) bond motifs is 2. The van der Waals surface area contributed by atoms with Crippen LogP contribution in [0.1, 0.15) is 39.3 Å². The van der Waals surface area contributed by atoms with Crippen molar-refractivity contribution in [2.24, 2.45) is 0 Å². The van der Waals surface area contributed by atoms with Crippen LogP contribution in [0.2, 0.25) is 0 Å². The third-order valence-corrected chi connectivity index (χ3v) is 5.96. The Balaban J connectivity index is 1.62. The van der Waals surface area contributed by atoms with Crippen molar-refractivity contribution in [3.05, 3.63) is 63.5 Å². The van der Waals surface area contributed by atoms with Crippen molar-refractivity contribution in [1.82, 2.24) is 4.98 Å². The van der Waals surface area contributed by atoms with Gasteiger partial charge in [-0.1, -0.05) is 24.3 Å². The number of thiophene rings is 1. The summed E-state index contributed by atoms with van der Waals surface area (Å²) in [4.78, 5) is 30.8. The summed E-state index contributed by atoms with van der Waals surface area (Å²) < 4.78 is 10.4. The molecule has 5 nitrogen and oxygen atoms in total. The van der Waals surface area contributed by atoms with E-state index >= 15 is 0 Å². The molecule has 1 aliphatic heterocycles. The van der Waals surface area contributed by atoms with Gasteiger partial charge < -0.3 is 9.47 Å². The Kier molecular flexibility index (Phi) is 4.20. The van der Waals surface area contributed by atoms with Gasteiger partial charge in [0.15, 0.2) is 0 Å². The molecule has 1 saturated heterocycles. The van der Waals surface area contributed by atoms with E-state index in [-0.39, 0.29) is 0 Å². The Morgan fingerprint density at radius 1 is 1.21 bits per heavy atom. The van der Waals surface area contributed by atoms with Crippen molar-refractivity contribution in [1.29, 1.82) is 0 Å². The van der Waals surface area contributed by atoms with Crippen LogP contribution >= 0.6 is 11.3 Å². The summed E-state index contributed by atoms with van der Waals surface area (Å²) in [7, 11) is 0. The van der Waals surface area contributed by atoms with Crippen molar-refractivity contribution in [3.63, 3.8) is 0 Å². The molecular weight excluding hydrogens is 374 g/mol. The molecule has 0 saturated carbocycles. The monoisotopic (exact) mass is 391 g/mol. The quantitative estimate of drug-likeness (QED) is 0.625. The SMILES string of the molecule is O=C(O[C@@H]1CCOC1=O)c1c2c(nc3ccccc13)/C(=C/c1cccs1)CC2. The maximum atomic E-state index is 13.1. The predicted molar refractivity (Wildman–Crippen MR) is 107 cm³/mol. The predicted octanol–water partition coefficient (Wildman–Crippen LogP) is 4.26. The fourth-order valence-electron chi connectivity index (χ4n) is 3.83. The minimum atomic E-state index is -0.822. The van der Waals surface area contributed by atoms with Crippen LogP contribution < -0.4 is 0 Å². The molecule has 1 atom stereocenters. The molecule has 2 aromatic heterocycles. The second-order valence-electron chi connectivity index (χ2n) is 6.87. The molecule has 0 N–H and O–H groups in total. The molecule has 2 aliphatic rings. The Bertz CT molecular complexity index is 1120. The number of carbonyl (C=O) groups is 2. The summed E-state index contributed by atoms with van der Waals surface area (Å²) in [5, 5.41) is 2.80. The first-order valence-corrected chi connectivity index (χ1v) is 10.1. The van der Waals surface area contributed by atoms with Gasteiger partial charge in [-0.05, 0) is 47.6 Å². The first-order chi connectivity index (χ1) is 13.7. The average Bonchev–Trinajstić information content (AvgIpc) is 3.44. The highest BCUT2D eigenvalue weighted by atomic mass is 32.1. The summed E-state index contributed by atoms with van der Waals surface area (Å²) in [5.41, 5.74) is 4.15. The minimum absolute atomic E-state index is 0.291. The molecule has 0 unspecified atom stereocenters. The third kappa shape index (κ3) is 2.90. The summed E-state index contributed by atoms with van der Waals surface area (Å²) in [6.45, 7) is 0.291. The van der Waals surface area contributed by atoms with Gasteiger partial charge in [0.1, 0.15) is 0 Å². The van der Waals surface area contributed by atoms with Gasteiger partial charge in [-0.15, -0.1) is 11.3 Å². The largest absolute Gasteiger partial charge is 0.463 e. The number of ether oxygens (including phenoxy) is 2. The number of hydrogen-bond donors (Lipinski definition) is 0. The van der Waals surface area contributed by atoms with Crippen LogP contribution in [0.4, 0.5) is 0 Å². The lowest BCUT2D eigenvalue weighted by Gasteiger charge is -2.14. The number of para-hydroxylation sites is 1. The van der Waals surface area contributed by atoms with Crippen molar-refractivity contribution in [2.75, 3.05) is 6.61 Å². The molecule has 140 valence electrons. The number of aromatic nitrogens is 1. The highest BCUT2D eigenvalue weighted by Gasteiger charge is 2.33. The summed E-state index contributed by atoms with van der Waals surface area (Å²) >= 11 is 1.67. The van der Waals surface area contributed by atoms with E-state index in [4.69, 9.17) is 14.5 Å². The third-order valence-electron chi connectivity index (χ3n) is 5.14. The first-order valence-electron chi connectivity index (χ1n) is 9.24. The number of cyclic esters (lactones) is 1. The Morgan fingerprint density at radius 3 is 2.89 bits per heavy atom. The summed E-state index contributed by atoms with van der Waals surface area (Å²) in [5.74, 6) is -0.947. The molecule has 1 aromatic carbocycles. The normalized spacial score (nSPS) is 19.8. The van der Waals surface area contributed by atoms with Gasteiger partial charge in [0.05, 0.1) is 23.4 Å². The van der Waals surface area contributed by atoms with Gasteiger partial charge in [-0.25, -0.2) is 14.6 Å². The molecule has 1 fully saturated rings. The van der Waals surface area contributed by atoms with E-state index in [9.17, 15) is 9.59 Å². The Hall–Kier alpha value is -2.99. The van der Waals surface area contributed by atoms with Crippen molar-refractivity contribution in [2.45, 2.75) is 25.4 Å². The van der Waals surface area contributed by atoms with Gasteiger partial charge in [0.25, 0.3) is 0 Å². The zero-order valence-corrected chi connectivity index (χ0v) is 15.8. The zero-order chi connectivity index (χ0) is 19.1. The van der Waals surface area contributed by atoms with E-state index in [1.807, 2.05) is 35.7 Å². The maximum Gasteiger partial charge on any atom is 0.347 e. The molecule has 1 aliphatic carbocycles. The number of benzene rings is 1. The fourth-order valence-corrected chi connectivity index (χ4v) is 4.51. The molecule has 3 aromatic rings. The number of esters is 2. The van der Waals surface area contributed by atoms with E-state index in [1.54, 1.807) is 11.3 Å². The maximum absolute atomic E-state index is 13.1. The van der Waals surface area contributed by atoms with Crippen molar-refractivity contribution < 1.29 is 19.1 Å². The van der Waals surface area contributed by atoms with E-state index in [0.29, 0.717) is 18.6 Å². The van der Waals surface area contributed by atoms with Gasteiger partial charge in [0, 0.05) is 16.7 Å². The number of hydrogen-bond acceptors (Lipinski definition) is 6. The molecule has 5 rings (SSSR count). The average molecular weight is 391 g/mol. The second kappa shape index (κ2) is 6.87. The number of pyridine rings is 1. The molecule has 0 spiro atoms. The molecule has 6 heteroatoms. The van der Waals surface area contributed by atoms with Crippen LogP contribution in [-0.2, 0) is 20.7 Å². The van der Waals surface area contributed by atoms with Gasteiger partial charge >= 0.3 is 11.9 Å². The number of allylic oxidation sites excluding steroid dienone is 1. The summed E-state index contributed by atoms with van der Waals surface area (Å²) in [6.07, 6.45) is 3.27. The highest BCUT2D eigenvalue weighted by Crippen LogP contribution is 2.38. The number of carbonyl (C=O) groups excluding carboxylic acids is 2. The van der Waals surface area contributed by atoms with E-state index in [1.165, 1.54) is 0 Å².